The molecule has 90 valence electrons. The average molecular weight is 226 g/mol. The first-order chi connectivity index (χ1) is 7.54. The highest BCUT2D eigenvalue weighted by molar-refractivity contribution is 5.37. The zero-order valence-electron chi connectivity index (χ0n) is 10.3. The molecule has 0 aliphatic rings. The summed E-state index contributed by atoms with van der Waals surface area (Å²) in [6.45, 7) is 5.02. The van der Waals surface area contributed by atoms with E-state index in [2.05, 4.69) is 15.3 Å². The molecule has 0 aliphatic heterocycles. The molecule has 1 heterocycles. The molecular weight excluding hydrogens is 207 g/mol. The average Bonchev–Trinajstić information content (AvgIpc) is 2.20. The molecule has 0 amide bonds. The SMILES string of the molecule is CCCNc1nc(CN(C)C)nc(C)c1F. The van der Waals surface area contributed by atoms with Crippen molar-refractivity contribution < 1.29 is 4.39 Å². The van der Waals surface area contributed by atoms with Crippen molar-refractivity contribution in [1.82, 2.24) is 14.9 Å². The lowest BCUT2D eigenvalue weighted by molar-refractivity contribution is 0.388. The van der Waals surface area contributed by atoms with Crippen LogP contribution in [0.2, 0.25) is 0 Å². The quantitative estimate of drug-likeness (QED) is 0.831. The Morgan fingerprint density at radius 2 is 2.00 bits per heavy atom. The van der Waals surface area contributed by atoms with Crippen LogP contribution in [-0.4, -0.2) is 35.5 Å². The molecule has 1 aromatic heterocycles. The molecule has 0 fully saturated rings. The van der Waals surface area contributed by atoms with E-state index in [1.807, 2.05) is 25.9 Å². The molecule has 0 unspecified atom stereocenters. The molecule has 0 aliphatic carbocycles. The first-order valence-corrected chi connectivity index (χ1v) is 5.46. The second kappa shape index (κ2) is 5.75. The van der Waals surface area contributed by atoms with Gasteiger partial charge in [0.05, 0.1) is 12.2 Å². The second-order valence-corrected chi connectivity index (χ2v) is 4.05. The van der Waals surface area contributed by atoms with Gasteiger partial charge in [-0.05, 0) is 27.4 Å². The van der Waals surface area contributed by atoms with Gasteiger partial charge >= 0.3 is 0 Å². The number of hydrogen-bond donors (Lipinski definition) is 1. The predicted octanol–water partition coefficient (Wildman–Crippen LogP) is 1.81. The standard InChI is InChI=1S/C11H19FN4/c1-5-6-13-11-10(12)8(2)14-9(15-11)7-16(3)4/h5-7H2,1-4H3,(H,13,14,15). The summed E-state index contributed by atoms with van der Waals surface area (Å²) in [5.41, 5.74) is 0.394. The molecule has 0 radical (unpaired) electrons. The topological polar surface area (TPSA) is 41.1 Å². The normalized spacial score (nSPS) is 10.9. The van der Waals surface area contributed by atoms with Crippen molar-refractivity contribution in [1.29, 1.82) is 0 Å². The minimum atomic E-state index is -0.351. The van der Waals surface area contributed by atoms with E-state index in [0.29, 0.717) is 23.9 Å². The smallest absolute Gasteiger partial charge is 0.186 e. The third kappa shape index (κ3) is 3.41. The molecule has 5 heteroatoms. The number of aromatic nitrogens is 2. The first-order valence-electron chi connectivity index (χ1n) is 5.46. The van der Waals surface area contributed by atoms with E-state index >= 15 is 0 Å². The predicted molar refractivity (Wildman–Crippen MR) is 62.9 cm³/mol. The number of nitrogens with zero attached hydrogens (tertiary/aromatic N) is 3. The summed E-state index contributed by atoms with van der Waals surface area (Å²) in [6.07, 6.45) is 0.936. The fourth-order valence-electron chi connectivity index (χ4n) is 1.33. The van der Waals surface area contributed by atoms with Crippen molar-refractivity contribution in [3.8, 4) is 0 Å². The Balaban J connectivity index is 2.92. The van der Waals surface area contributed by atoms with Gasteiger partial charge in [-0.15, -0.1) is 0 Å². The van der Waals surface area contributed by atoms with Gasteiger partial charge in [0.25, 0.3) is 0 Å². The number of halogens is 1. The number of aryl methyl sites for hydroxylation is 1. The second-order valence-electron chi connectivity index (χ2n) is 4.05. The Morgan fingerprint density at radius 3 is 2.56 bits per heavy atom. The molecule has 0 aromatic carbocycles. The van der Waals surface area contributed by atoms with E-state index < -0.39 is 0 Å². The van der Waals surface area contributed by atoms with E-state index in [-0.39, 0.29) is 5.82 Å². The van der Waals surface area contributed by atoms with Crippen LogP contribution in [0.15, 0.2) is 0 Å². The minimum absolute atomic E-state index is 0.311. The van der Waals surface area contributed by atoms with E-state index in [1.165, 1.54) is 0 Å². The lowest BCUT2D eigenvalue weighted by atomic mass is 10.3. The van der Waals surface area contributed by atoms with Crippen molar-refractivity contribution in [3.05, 3.63) is 17.3 Å². The number of rotatable bonds is 5. The van der Waals surface area contributed by atoms with Crippen LogP contribution in [0.4, 0.5) is 10.2 Å². The fraction of sp³-hybridized carbons (Fsp3) is 0.636. The van der Waals surface area contributed by atoms with Gasteiger partial charge in [0, 0.05) is 6.54 Å². The van der Waals surface area contributed by atoms with E-state index in [9.17, 15) is 4.39 Å². The molecule has 0 saturated carbocycles. The molecule has 4 nitrogen and oxygen atoms in total. The van der Waals surface area contributed by atoms with E-state index in [4.69, 9.17) is 0 Å². The highest BCUT2D eigenvalue weighted by atomic mass is 19.1. The van der Waals surface area contributed by atoms with Crippen LogP contribution in [0.1, 0.15) is 24.9 Å². The van der Waals surface area contributed by atoms with Gasteiger partial charge in [-0.25, -0.2) is 14.4 Å². The maximum atomic E-state index is 13.6. The Labute approximate surface area is 95.9 Å². The van der Waals surface area contributed by atoms with Crippen LogP contribution in [0.25, 0.3) is 0 Å². The van der Waals surface area contributed by atoms with Gasteiger partial charge in [-0.2, -0.15) is 0 Å². The fourth-order valence-corrected chi connectivity index (χ4v) is 1.33. The van der Waals surface area contributed by atoms with Crippen molar-refractivity contribution in [3.63, 3.8) is 0 Å². The Hall–Kier alpha value is -1.23. The Morgan fingerprint density at radius 1 is 1.31 bits per heavy atom. The van der Waals surface area contributed by atoms with Crippen molar-refractivity contribution in [2.24, 2.45) is 0 Å². The van der Waals surface area contributed by atoms with Crippen LogP contribution in [0.3, 0.4) is 0 Å². The zero-order chi connectivity index (χ0) is 12.1. The summed E-state index contributed by atoms with van der Waals surface area (Å²) >= 11 is 0. The summed E-state index contributed by atoms with van der Waals surface area (Å²) in [7, 11) is 3.86. The zero-order valence-corrected chi connectivity index (χ0v) is 10.3. The number of hydrogen-bond acceptors (Lipinski definition) is 4. The van der Waals surface area contributed by atoms with Crippen LogP contribution in [0, 0.1) is 12.7 Å². The summed E-state index contributed by atoms with van der Waals surface area (Å²) in [5, 5.41) is 2.97. The van der Waals surface area contributed by atoms with Crippen molar-refractivity contribution in [2.75, 3.05) is 26.0 Å². The maximum Gasteiger partial charge on any atom is 0.186 e. The van der Waals surface area contributed by atoms with Gasteiger partial charge in [-0.3, -0.25) is 0 Å². The van der Waals surface area contributed by atoms with E-state index in [1.54, 1.807) is 6.92 Å². The molecule has 1 aromatic rings. The number of nitrogens with one attached hydrogen (secondary N) is 1. The van der Waals surface area contributed by atoms with Gasteiger partial charge in [0.1, 0.15) is 5.82 Å². The van der Waals surface area contributed by atoms with E-state index in [0.717, 1.165) is 13.0 Å². The molecular formula is C11H19FN4. The van der Waals surface area contributed by atoms with Crippen LogP contribution in [0.5, 0.6) is 0 Å². The molecule has 0 saturated heterocycles. The number of anilines is 1. The van der Waals surface area contributed by atoms with Crippen LogP contribution in [-0.2, 0) is 6.54 Å². The third-order valence-corrected chi connectivity index (χ3v) is 2.06. The minimum Gasteiger partial charge on any atom is -0.368 e. The highest BCUT2D eigenvalue weighted by Crippen LogP contribution is 2.14. The van der Waals surface area contributed by atoms with Crippen molar-refractivity contribution >= 4 is 5.82 Å². The molecule has 1 rings (SSSR count). The summed E-state index contributed by atoms with van der Waals surface area (Å²) < 4.78 is 13.6. The molecule has 0 spiro atoms. The molecule has 0 atom stereocenters. The highest BCUT2D eigenvalue weighted by Gasteiger charge is 2.11. The summed E-state index contributed by atoms with van der Waals surface area (Å²) in [4.78, 5) is 10.2. The van der Waals surface area contributed by atoms with Crippen LogP contribution < -0.4 is 5.32 Å². The first kappa shape index (κ1) is 12.8. The van der Waals surface area contributed by atoms with Gasteiger partial charge in [0.15, 0.2) is 11.6 Å². The Kier molecular flexibility index (Phi) is 4.61. The monoisotopic (exact) mass is 226 g/mol. The van der Waals surface area contributed by atoms with Crippen LogP contribution >= 0.6 is 0 Å². The van der Waals surface area contributed by atoms with Gasteiger partial charge < -0.3 is 10.2 Å². The lowest BCUT2D eigenvalue weighted by Gasteiger charge is -2.12. The summed E-state index contributed by atoms with van der Waals surface area (Å²) in [6, 6.07) is 0. The summed E-state index contributed by atoms with van der Waals surface area (Å²) in [5.74, 6) is 0.602. The largest absolute Gasteiger partial charge is 0.368 e. The molecule has 1 N–H and O–H groups in total. The lowest BCUT2D eigenvalue weighted by Crippen LogP contribution is -2.16. The van der Waals surface area contributed by atoms with Crippen molar-refractivity contribution in [2.45, 2.75) is 26.8 Å². The van der Waals surface area contributed by atoms with Gasteiger partial charge in [0.2, 0.25) is 0 Å². The third-order valence-electron chi connectivity index (χ3n) is 2.06. The maximum absolute atomic E-state index is 13.6. The molecule has 0 bridgehead atoms. The molecule has 16 heavy (non-hydrogen) atoms. The Bertz CT molecular complexity index is 352. The van der Waals surface area contributed by atoms with Gasteiger partial charge in [-0.1, -0.05) is 6.92 Å².